The molecule has 1 saturated carbocycles. The molecule has 0 saturated heterocycles. The first-order valence-electron chi connectivity index (χ1n) is 7.38. The highest BCUT2D eigenvalue weighted by atomic mass is 79.9. The molecule has 112 valence electrons. The van der Waals surface area contributed by atoms with Crippen molar-refractivity contribution in [3.63, 3.8) is 0 Å². The van der Waals surface area contributed by atoms with E-state index in [1.54, 1.807) is 0 Å². The number of alkyl halides is 1. The maximum absolute atomic E-state index is 6.33. The van der Waals surface area contributed by atoms with E-state index in [-0.39, 0.29) is 0 Å². The van der Waals surface area contributed by atoms with Gasteiger partial charge in [-0.1, -0.05) is 66.0 Å². The number of hydrogen-bond donors (Lipinski definition) is 0. The van der Waals surface area contributed by atoms with Crippen LogP contribution in [0, 0.1) is 17.3 Å². The zero-order valence-electron chi connectivity index (χ0n) is 12.4. The largest absolute Gasteiger partial charge is 0.0843 e. The van der Waals surface area contributed by atoms with Gasteiger partial charge in [-0.15, -0.1) is 0 Å². The fraction of sp³-hybridized carbons (Fsp3) is 0.647. The highest BCUT2D eigenvalue weighted by Crippen LogP contribution is 2.47. The second kappa shape index (κ2) is 6.58. The van der Waals surface area contributed by atoms with Gasteiger partial charge in [-0.3, -0.25) is 0 Å². The van der Waals surface area contributed by atoms with Crippen molar-refractivity contribution in [1.82, 2.24) is 0 Å². The monoisotopic (exact) mass is 376 g/mol. The van der Waals surface area contributed by atoms with E-state index in [0.29, 0.717) is 21.2 Å². The van der Waals surface area contributed by atoms with Crippen LogP contribution in [-0.4, -0.2) is 0 Å². The molecular weight excluding hydrogens is 355 g/mol. The highest BCUT2D eigenvalue weighted by Gasteiger charge is 2.33. The van der Waals surface area contributed by atoms with Crippen molar-refractivity contribution in [2.24, 2.45) is 17.3 Å². The third-order valence-corrected chi connectivity index (χ3v) is 6.47. The molecule has 0 spiro atoms. The molecule has 0 radical (unpaired) electrons. The first-order chi connectivity index (χ1) is 9.29. The van der Waals surface area contributed by atoms with Gasteiger partial charge in [-0.2, -0.15) is 0 Å². The fourth-order valence-electron chi connectivity index (χ4n) is 3.26. The summed E-state index contributed by atoms with van der Waals surface area (Å²) >= 11 is 16.2. The second-order valence-corrected chi connectivity index (χ2v) is 8.88. The van der Waals surface area contributed by atoms with Gasteiger partial charge in [0.1, 0.15) is 0 Å². The van der Waals surface area contributed by atoms with E-state index in [1.165, 1.54) is 31.2 Å². The zero-order chi connectivity index (χ0) is 14.9. The molecule has 1 atom stereocenters. The quantitative estimate of drug-likeness (QED) is 0.475. The summed E-state index contributed by atoms with van der Waals surface area (Å²) in [7, 11) is 0. The number of rotatable bonds is 2. The number of benzene rings is 1. The van der Waals surface area contributed by atoms with Crippen LogP contribution in [0.15, 0.2) is 18.2 Å². The fourth-order valence-corrected chi connectivity index (χ4v) is 4.84. The minimum atomic E-state index is 0.341. The molecule has 1 unspecified atom stereocenters. The van der Waals surface area contributed by atoms with E-state index in [0.717, 1.165) is 10.9 Å². The van der Waals surface area contributed by atoms with Gasteiger partial charge in [-0.25, -0.2) is 0 Å². The van der Waals surface area contributed by atoms with Gasteiger partial charge in [0.2, 0.25) is 0 Å². The van der Waals surface area contributed by atoms with Crippen LogP contribution >= 0.6 is 39.1 Å². The van der Waals surface area contributed by atoms with Crippen molar-refractivity contribution in [1.29, 1.82) is 0 Å². The first-order valence-corrected chi connectivity index (χ1v) is 9.05. The summed E-state index contributed by atoms with van der Waals surface area (Å²) in [6.07, 6.45) is 5.19. The van der Waals surface area contributed by atoms with Gasteiger partial charge >= 0.3 is 0 Å². The van der Waals surface area contributed by atoms with Crippen molar-refractivity contribution >= 4 is 39.1 Å². The van der Waals surface area contributed by atoms with Gasteiger partial charge < -0.3 is 0 Å². The molecule has 1 aromatic carbocycles. The Morgan fingerprint density at radius 1 is 1.10 bits per heavy atom. The van der Waals surface area contributed by atoms with Crippen LogP contribution in [0.5, 0.6) is 0 Å². The summed E-state index contributed by atoms with van der Waals surface area (Å²) in [6, 6.07) is 5.82. The van der Waals surface area contributed by atoms with Crippen LogP contribution in [0.4, 0.5) is 0 Å². The standard InChI is InChI=1S/C17H23BrCl2/c1-17(2,3)12-6-4-11(5-7-12)16(18)14-9-8-13(19)10-15(14)20/h8-12,16H,4-7H2,1-3H3. The SMILES string of the molecule is CC(C)(C)C1CCC(C(Br)c2ccc(Cl)cc2Cl)CC1. The molecule has 1 aromatic rings. The molecule has 1 fully saturated rings. The van der Waals surface area contributed by atoms with E-state index >= 15 is 0 Å². The summed E-state index contributed by atoms with van der Waals surface area (Å²) < 4.78 is 0. The summed E-state index contributed by atoms with van der Waals surface area (Å²) in [5.41, 5.74) is 1.61. The van der Waals surface area contributed by atoms with Crippen LogP contribution in [0.3, 0.4) is 0 Å². The number of hydrogen-bond acceptors (Lipinski definition) is 0. The minimum absolute atomic E-state index is 0.341. The molecule has 0 aliphatic heterocycles. The van der Waals surface area contributed by atoms with E-state index in [1.807, 2.05) is 12.1 Å². The third kappa shape index (κ3) is 3.93. The smallest absolute Gasteiger partial charge is 0.0464 e. The first kappa shape index (κ1) is 16.6. The Morgan fingerprint density at radius 3 is 2.20 bits per heavy atom. The maximum Gasteiger partial charge on any atom is 0.0464 e. The third-order valence-electron chi connectivity index (χ3n) is 4.67. The van der Waals surface area contributed by atoms with Gasteiger partial charge in [0, 0.05) is 14.9 Å². The molecule has 0 nitrogen and oxygen atoms in total. The molecule has 0 bridgehead atoms. The van der Waals surface area contributed by atoms with E-state index in [9.17, 15) is 0 Å². The number of halogens is 3. The Bertz CT molecular complexity index is 457. The van der Waals surface area contributed by atoms with Gasteiger partial charge in [0.15, 0.2) is 0 Å². The Labute approximate surface area is 141 Å². The van der Waals surface area contributed by atoms with Gasteiger partial charge in [0.05, 0.1) is 0 Å². The van der Waals surface area contributed by atoms with Crippen LogP contribution in [0.2, 0.25) is 10.0 Å². The van der Waals surface area contributed by atoms with Crippen molar-refractivity contribution < 1.29 is 0 Å². The van der Waals surface area contributed by atoms with Crippen molar-refractivity contribution in [3.8, 4) is 0 Å². The van der Waals surface area contributed by atoms with Crippen molar-refractivity contribution in [2.75, 3.05) is 0 Å². The lowest BCUT2D eigenvalue weighted by molar-refractivity contribution is 0.149. The van der Waals surface area contributed by atoms with Crippen LogP contribution in [-0.2, 0) is 0 Å². The molecule has 2 rings (SSSR count). The van der Waals surface area contributed by atoms with Crippen molar-refractivity contribution in [3.05, 3.63) is 33.8 Å². The predicted octanol–water partition coefficient (Wildman–Crippen LogP) is 7.28. The van der Waals surface area contributed by atoms with E-state index < -0.39 is 0 Å². The zero-order valence-corrected chi connectivity index (χ0v) is 15.5. The molecule has 0 heterocycles. The average Bonchev–Trinajstić information content (AvgIpc) is 2.37. The van der Waals surface area contributed by atoms with Gasteiger partial charge in [-0.05, 0) is 60.6 Å². The van der Waals surface area contributed by atoms with Gasteiger partial charge in [0.25, 0.3) is 0 Å². The Balaban J connectivity index is 2.03. The minimum Gasteiger partial charge on any atom is -0.0843 e. The van der Waals surface area contributed by atoms with Crippen LogP contribution < -0.4 is 0 Å². The molecule has 20 heavy (non-hydrogen) atoms. The van der Waals surface area contributed by atoms with E-state index in [4.69, 9.17) is 23.2 Å². The Morgan fingerprint density at radius 2 is 1.70 bits per heavy atom. The molecule has 0 amide bonds. The lowest BCUT2D eigenvalue weighted by Gasteiger charge is -2.38. The summed E-state index contributed by atoms with van der Waals surface area (Å²) in [5, 5.41) is 1.48. The summed E-state index contributed by atoms with van der Waals surface area (Å²) in [4.78, 5) is 0.341. The van der Waals surface area contributed by atoms with Crippen LogP contribution in [0.25, 0.3) is 0 Å². The molecule has 1 aliphatic rings. The molecule has 1 aliphatic carbocycles. The lowest BCUT2D eigenvalue weighted by atomic mass is 9.69. The second-order valence-electron chi connectivity index (χ2n) is 7.05. The average molecular weight is 378 g/mol. The highest BCUT2D eigenvalue weighted by molar-refractivity contribution is 9.09. The predicted molar refractivity (Wildman–Crippen MR) is 93.0 cm³/mol. The molecule has 0 N–H and O–H groups in total. The topological polar surface area (TPSA) is 0 Å². The Hall–Kier alpha value is 0.280. The molecular formula is C17H23BrCl2. The summed E-state index contributed by atoms with van der Waals surface area (Å²) in [6.45, 7) is 7.08. The van der Waals surface area contributed by atoms with Crippen LogP contribution in [0.1, 0.15) is 56.8 Å². The maximum atomic E-state index is 6.33. The normalized spacial score (nSPS) is 25.5. The van der Waals surface area contributed by atoms with E-state index in [2.05, 4.69) is 42.8 Å². The molecule has 0 aromatic heterocycles. The lowest BCUT2D eigenvalue weighted by Crippen LogP contribution is -2.27. The van der Waals surface area contributed by atoms with Crippen molar-refractivity contribution in [2.45, 2.75) is 51.3 Å². The summed E-state index contributed by atoms with van der Waals surface area (Å²) in [5.74, 6) is 1.52. The molecule has 3 heteroatoms. The Kier molecular flexibility index (Phi) is 5.48.